The van der Waals surface area contributed by atoms with E-state index >= 15 is 0 Å². The third-order valence-electron chi connectivity index (χ3n) is 5.18. The molecule has 2 fully saturated rings. The lowest BCUT2D eigenvalue weighted by molar-refractivity contribution is 0.281. The summed E-state index contributed by atoms with van der Waals surface area (Å²) in [5.74, 6) is 2.42. The molecule has 4 nitrogen and oxygen atoms in total. The molecule has 1 N–H and O–H groups in total. The van der Waals surface area contributed by atoms with Crippen molar-refractivity contribution in [2.45, 2.75) is 39.0 Å². The van der Waals surface area contributed by atoms with Gasteiger partial charge in [-0.15, -0.1) is 11.3 Å². The number of guanidine groups is 1. The summed E-state index contributed by atoms with van der Waals surface area (Å²) in [4.78, 5) is 11.5. The predicted octanol–water partition coefficient (Wildman–Crippen LogP) is 3.23. The van der Waals surface area contributed by atoms with Crippen molar-refractivity contribution >= 4 is 17.3 Å². The van der Waals surface area contributed by atoms with Gasteiger partial charge in [-0.2, -0.15) is 0 Å². The monoisotopic (exact) mass is 348 g/mol. The molecule has 3 rings (SSSR count). The van der Waals surface area contributed by atoms with Crippen molar-refractivity contribution in [3.05, 3.63) is 22.4 Å². The minimum atomic E-state index is 0.502. The maximum absolute atomic E-state index is 4.94. The van der Waals surface area contributed by atoms with Crippen molar-refractivity contribution in [3.8, 4) is 0 Å². The zero-order valence-corrected chi connectivity index (χ0v) is 16.0. The SMILES string of the molecule is CCNC(=NCC(C)c1cccs1)N1CCC(CN2CCCC2)C1. The molecule has 0 amide bonds. The predicted molar refractivity (Wildman–Crippen MR) is 104 cm³/mol. The Balaban J connectivity index is 1.53. The number of rotatable bonds is 6. The molecule has 2 atom stereocenters. The van der Waals surface area contributed by atoms with Crippen LogP contribution in [0.4, 0.5) is 0 Å². The molecule has 2 aliphatic heterocycles. The van der Waals surface area contributed by atoms with Gasteiger partial charge in [-0.3, -0.25) is 4.99 Å². The first-order valence-electron chi connectivity index (χ1n) is 9.55. The van der Waals surface area contributed by atoms with E-state index < -0.39 is 0 Å². The van der Waals surface area contributed by atoms with E-state index in [-0.39, 0.29) is 0 Å². The van der Waals surface area contributed by atoms with Gasteiger partial charge in [0.2, 0.25) is 0 Å². The Morgan fingerprint density at radius 1 is 1.38 bits per heavy atom. The van der Waals surface area contributed by atoms with E-state index in [9.17, 15) is 0 Å². The largest absolute Gasteiger partial charge is 0.357 e. The van der Waals surface area contributed by atoms with Crippen molar-refractivity contribution in [2.75, 3.05) is 45.8 Å². The van der Waals surface area contributed by atoms with E-state index in [2.05, 4.69) is 46.5 Å². The highest BCUT2D eigenvalue weighted by molar-refractivity contribution is 7.10. The van der Waals surface area contributed by atoms with Crippen LogP contribution in [-0.4, -0.2) is 61.6 Å². The van der Waals surface area contributed by atoms with Crippen molar-refractivity contribution in [3.63, 3.8) is 0 Å². The number of nitrogens with zero attached hydrogens (tertiary/aromatic N) is 3. The third kappa shape index (κ3) is 4.73. The van der Waals surface area contributed by atoms with Gasteiger partial charge in [0.25, 0.3) is 0 Å². The summed E-state index contributed by atoms with van der Waals surface area (Å²) in [5, 5.41) is 5.66. The Kier molecular flexibility index (Phi) is 6.55. The fourth-order valence-electron chi connectivity index (χ4n) is 3.82. The second-order valence-electron chi connectivity index (χ2n) is 7.22. The lowest BCUT2D eigenvalue weighted by Crippen LogP contribution is -2.41. The van der Waals surface area contributed by atoms with Crippen LogP contribution in [0.1, 0.15) is 43.9 Å². The van der Waals surface area contributed by atoms with Gasteiger partial charge in [-0.25, -0.2) is 0 Å². The van der Waals surface area contributed by atoms with Gasteiger partial charge >= 0.3 is 0 Å². The number of likely N-dealkylation sites (tertiary alicyclic amines) is 2. The van der Waals surface area contributed by atoms with Crippen molar-refractivity contribution in [1.29, 1.82) is 0 Å². The summed E-state index contributed by atoms with van der Waals surface area (Å²) in [7, 11) is 0. The average molecular weight is 349 g/mol. The molecule has 2 aliphatic rings. The molecular formula is C19H32N4S. The molecule has 0 bridgehead atoms. The molecule has 0 aromatic carbocycles. The standard InChI is InChI=1S/C19H32N4S/c1-3-20-19(21-13-16(2)18-7-6-12-24-18)23-11-8-17(15-23)14-22-9-4-5-10-22/h6-7,12,16-17H,3-5,8-11,13-15H2,1-2H3,(H,20,21). The fraction of sp³-hybridized carbons (Fsp3) is 0.737. The number of hydrogen-bond donors (Lipinski definition) is 1. The summed E-state index contributed by atoms with van der Waals surface area (Å²) in [6.07, 6.45) is 4.09. The Hall–Kier alpha value is -1.07. The molecular weight excluding hydrogens is 316 g/mol. The molecule has 0 aliphatic carbocycles. The van der Waals surface area contributed by atoms with Gasteiger partial charge in [-0.05, 0) is 56.6 Å². The molecule has 24 heavy (non-hydrogen) atoms. The van der Waals surface area contributed by atoms with Crippen molar-refractivity contribution in [1.82, 2.24) is 15.1 Å². The average Bonchev–Trinajstić information content (AvgIpc) is 3.33. The van der Waals surface area contributed by atoms with Crippen LogP contribution >= 0.6 is 11.3 Å². The minimum absolute atomic E-state index is 0.502. The van der Waals surface area contributed by atoms with Crippen LogP contribution in [0.15, 0.2) is 22.5 Å². The highest BCUT2D eigenvalue weighted by Gasteiger charge is 2.27. The van der Waals surface area contributed by atoms with Gasteiger partial charge in [0.15, 0.2) is 5.96 Å². The van der Waals surface area contributed by atoms with E-state index in [1.807, 2.05) is 11.3 Å². The van der Waals surface area contributed by atoms with Gasteiger partial charge in [0.05, 0.1) is 6.54 Å². The topological polar surface area (TPSA) is 30.9 Å². The Morgan fingerprint density at radius 3 is 2.92 bits per heavy atom. The lowest BCUT2D eigenvalue weighted by Gasteiger charge is -2.23. The summed E-state index contributed by atoms with van der Waals surface area (Å²) in [5.41, 5.74) is 0. The molecule has 2 saturated heterocycles. The number of nitrogens with one attached hydrogen (secondary N) is 1. The summed E-state index contributed by atoms with van der Waals surface area (Å²) >= 11 is 1.84. The van der Waals surface area contributed by atoms with Gasteiger partial charge in [0.1, 0.15) is 0 Å². The summed E-state index contributed by atoms with van der Waals surface area (Å²) in [6.45, 7) is 12.5. The van der Waals surface area contributed by atoms with Crippen LogP contribution in [0.5, 0.6) is 0 Å². The van der Waals surface area contributed by atoms with Crippen LogP contribution in [0.3, 0.4) is 0 Å². The van der Waals surface area contributed by atoms with E-state index in [1.54, 1.807) is 0 Å². The van der Waals surface area contributed by atoms with Gasteiger partial charge < -0.3 is 15.1 Å². The number of thiophene rings is 1. The van der Waals surface area contributed by atoms with E-state index in [0.717, 1.165) is 38.1 Å². The first kappa shape index (κ1) is 17.7. The molecule has 3 heterocycles. The number of aliphatic imine (C=N–C) groups is 1. The van der Waals surface area contributed by atoms with Crippen LogP contribution in [0.25, 0.3) is 0 Å². The van der Waals surface area contributed by atoms with Crippen molar-refractivity contribution < 1.29 is 0 Å². The Bertz CT molecular complexity index is 507. The summed E-state index contributed by atoms with van der Waals surface area (Å²) < 4.78 is 0. The minimum Gasteiger partial charge on any atom is -0.357 e. The second kappa shape index (κ2) is 8.86. The Morgan fingerprint density at radius 2 is 2.21 bits per heavy atom. The van der Waals surface area contributed by atoms with E-state index in [1.165, 1.54) is 43.8 Å². The summed E-state index contributed by atoms with van der Waals surface area (Å²) in [6, 6.07) is 4.36. The zero-order valence-electron chi connectivity index (χ0n) is 15.2. The maximum Gasteiger partial charge on any atom is 0.193 e. The smallest absolute Gasteiger partial charge is 0.193 e. The normalized spacial score (nSPS) is 23.8. The first-order valence-corrected chi connectivity index (χ1v) is 10.4. The molecule has 1 aromatic heterocycles. The molecule has 5 heteroatoms. The lowest BCUT2D eigenvalue weighted by atomic mass is 10.1. The molecule has 1 aromatic rings. The third-order valence-corrected chi connectivity index (χ3v) is 6.28. The quantitative estimate of drug-likeness (QED) is 0.632. The molecule has 0 spiro atoms. The maximum atomic E-state index is 4.94. The number of hydrogen-bond acceptors (Lipinski definition) is 3. The molecule has 134 valence electrons. The van der Waals surface area contributed by atoms with Crippen LogP contribution < -0.4 is 5.32 Å². The van der Waals surface area contributed by atoms with Crippen molar-refractivity contribution in [2.24, 2.45) is 10.9 Å². The van der Waals surface area contributed by atoms with Crippen LogP contribution in [-0.2, 0) is 0 Å². The molecule has 2 unspecified atom stereocenters. The first-order chi connectivity index (χ1) is 11.8. The van der Waals surface area contributed by atoms with Crippen LogP contribution in [0.2, 0.25) is 0 Å². The van der Waals surface area contributed by atoms with Crippen LogP contribution in [0, 0.1) is 5.92 Å². The second-order valence-corrected chi connectivity index (χ2v) is 8.20. The Labute approximate surface area is 150 Å². The highest BCUT2D eigenvalue weighted by atomic mass is 32.1. The zero-order chi connectivity index (χ0) is 16.8. The van der Waals surface area contributed by atoms with E-state index in [0.29, 0.717) is 5.92 Å². The van der Waals surface area contributed by atoms with E-state index in [4.69, 9.17) is 4.99 Å². The van der Waals surface area contributed by atoms with Gasteiger partial charge in [-0.1, -0.05) is 13.0 Å². The fourth-order valence-corrected chi connectivity index (χ4v) is 4.59. The highest BCUT2D eigenvalue weighted by Crippen LogP contribution is 2.22. The molecule has 0 radical (unpaired) electrons. The van der Waals surface area contributed by atoms with Gasteiger partial charge in [0, 0.05) is 37.0 Å². The molecule has 0 saturated carbocycles.